The van der Waals surface area contributed by atoms with E-state index in [9.17, 15) is 0 Å². The van der Waals surface area contributed by atoms with Crippen molar-refractivity contribution in [2.24, 2.45) is 0 Å². The molecule has 1 atom stereocenters. The molecule has 329 valence electrons. The largest absolute Gasteiger partial charge is 0.497 e. The summed E-state index contributed by atoms with van der Waals surface area (Å²) in [6.07, 6.45) is 0. The number of rotatable bonds is 17. The zero-order valence-electron chi connectivity index (χ0n) is 41.5. The minimum Gasteiger partial charge on any atom is -0.497 e. The lowest BCUT2D eigenvalue weighted by Crippen LogP contribution is -2.79. The molecule has 0 heterocycles. The van der Waals surface area contributed by atoms with Gasteiger partial charge in [0, 0.05) is 12.1 Å². The van der Waals surface area contributed by atoms with Gasteiger partial charge in [-0.3, -0.25) is 0 Å². The van der Waals surface area contributed by atoms with E-state index < -0.39 is 16.1 Å². The highest BCUT2D eigenvalue weighted by Crippen LogP contribution is 2.38. The van der Waals surface area contributed by atoms with Gasteiger partial charge in [-0.1, -0.05) is 161 Å². The van der Waals surface area contributed by atoms with Crippen molar-refractivity contribution in [1.29, 1.82) is 0 Å². The Morgan fingerprint density at radius 1 is 0.367 bits per heavy atom. The number of hydrogen-bond donors (Lipinski definition) is 1. The van der Waals surface area contributed by atoms with Crippen molar-refractivity contribution in [2.75, 3.05) is 21.3 Å². The molecule has 0 amide bonds. The van der Waals surface area contributed by atoms with Crippen LogP contribution in [0.15, 0.2) is 48.5 Å². The van der Waals surface area contributed by atoms with E-state index in [1.807, 2.05) is 12.1 Å². The fourth-order valence-electron chi connectivity index (χ4n) is 9.09. The third kappa shape index (κ3) is 9.51. The highest BCUT2D eigenvalue weighted by Gasteiger charge is 2.56. The summed E-state index contributed by atoms with van der Waals surface area (Å²) >= 11 is 0. The van der Waals surface area contributed by atoms with E-state index in [4.69, 9.17) is 14.2 Å². The average molecular weight is 850 g/mol. The minimum atomic E-state index is -4.15. The molecule has 0 saturated heterocycles. The Labute approximate surface area is 369 Å². The summed E-state index contributed by atoms with van der Waals surface area (Å²) in [7, 11) is -1.25. The van der Waals surface area contributed by atoms with Crippen molar-refractivity contribution < 1.29 is 19.0 Å². The van der Waals surface area contributed by atoms with Gasteiger partial charge in [0.25, 0.3) is 7.83 Å². The Balaban J connectivity index is 2.67. The van der Waals surface area contributed by atoms with Gasteiger partial charge >= 0.3 is 0 Å². The molecular formula is C54H81O4Si2. The summed E-state index contributed by atoms with van der Waals surface area (Å²) in [4.78, 5) is 15.8. The van der Waals surface area contributed by atoms with E-state index in [1.54, 1.807) is 21.3 Å². The van der Waals surface area contributed by atoms with Gasteiger partial charge in [0.15, 0.2) is 8.31 Å². The first-order valence-electron chi connectivity index (χ1n) is 22.9. The van der Waals surface area contributed by atoms with Crippen molar-refractivity contribution in [3.8, 4) is 17.2 Å². The van der Waals surface area contributed by atoms with Crippen LogP contribution in [0.2, 0.25) is 0 Å². The molecular weight excluding hydrogens is 769 g/mol. The van der Waals surface area contributed by atoms with Gasteiger partial charge in [-0.05, 0) is 119 Å². The van der Waals surface area contributed by atoms with Gasteiger partial charge in [-0.15, -0.1) is 0 Å². The molecule has 0 bridgehead atoms. The Hall–Kier alpha value is -3.33. The highest BCUT2D eigenvalue weighted by molar-refractivity contribution is 7.49. The first-order chi connectivity index (χ1) is 28.0. The van der Waals surface area contributed by atoms with Crippen LogP contribution in [-0.2, 0) is 0 Å². The maximum atomic E-state index is 15.8. The summed E-state index contributed by atoms with van der Waals surface area (Å²) in [5.41, 5.74) is 11.9. The summed E-state index contributed by atoms with van der Waals surface area (Å²) in [5, 5.41) is 4.66. The first-order valence-corrected chi connectivity index (χ1v) is 27.4. The molecule has 0 aromatic heterocycles. The zero-order chi connectivity index (χ0) is 45.3. The summed E-state index contributed by atoms with van der Waals surface area (Å²) in [5.74, 6) is 4.05. The Kier molecular flexibility index (Phi) is 16.3. The monoisotopic (exact) mass is 850 g/mol. The molecule has 4 nitrogen and oxygen atoms in total. The molecule has 0 aliphatic heterocycles. The Morgan fingerprint density at radius 2 is 0.633 bits per heavy atom. The molecule has 4 rings (SSSR count). The Morgan fingerprint density at radius 3 is 0.850 bits per heavy atom. The van der Waals surface area contributed by atoms with Gasteiger partial charge < -0.3 is 19.0 Å². The summed E-state index contributed by atoms with van der Waals surface area (Å²) < 4.78 is 19.0. The molecule has 6 heteroatoms. The molecule has 0 saturated carbocycles. The average Bonchev–Trinajstić information content (AvgIpc) is 3.18. The lowest BCUT2D eigenvalue weighted by Gasteiger charge is -2.43. The predicted octanol–water partition coefficient (Wildman–Crippen LogP) is 12.3. The van der Waals surface area contributed by atoms with Crippen molar-refractivity contribution in [1.82, 2.24) is 0 Å². The molecule has 60 heavy (non-hydrogen) atoms. The van der Waals surface area contributed by atoms with Crippen molar-refractivity contribution in [3.05, 3.63) is 98.6 Å². The number of methoxy groups -OCH3 is 3. The third-order valence-electron chi connectivity index (χ3n) is 12.7. The smallest absolute Gasteiger partial charge is 0.253 e. The lowest BCUT2D eigenvalue weighted by atomic mass is 9.89. The maximum absolute atomic E-state index is 15.8. The Bertz CT molecular complexity index is 1920. The van der Waals surface area contributed by atoms with Crippen LogP contribution in [0.3, 0.4) is 0 Å². The second kappa shape index (κ2) is 19.8. The van der Waals surface area contributed by atoms with Crippen molar-refractivity contribution in [2.45, 2.75) is 178 Å². The molecule has 0 aliphatic rings. The van der Waals surface area contributed by atoms with Crippen LogP contribution in [0.25, 0.3) is 0 Å². The lowest BCUT2D eigenvalue weighted by molar-refractivity contribution is 0.378. The highest BCUT2D eigenvalue weighted by atomic mass is 29.2. The second-order valence-electron chi connectivity index (χ2n) is 20.1. The molecule has 1 N–H and O–H groups in total. The van der Waals surface area contributed by atoms with Gasteiger partial charge in [0.2, 0.25) is 0 Å². The van der Waals surface area contributed by atoms with E-state index in [0.717, 1.165) is 10.4 Å². The minimum absolute atomic E-state index is 0.142. The molecule has 1 radical (unpaired) electrons. The quantitative estimate of drug-likeness (QED) is 0.108. The van der Waals surface area contributed by atoms with Crippen LogP contribution < -0.4 is 35.0 Å². The topological polar surface area (TPSA) is 47.9 Å². The van der Waals surface area contributed by atoms with Crippen molar-refractivity contribution >= 4 is 36.9 Å². The fourth-order valence-corrected chi connectivity index (χ4v) is 23.0. The summed E-state index contributed by atoms with van der Waals surface area (Å²) in [6, 6.07) is 18.8. The van der Waals surface area contributed by atoms with E-state index in [-0.39, 0.29) is 35.5 Å². The van der Waals surface area contributed by atoms with Crippen molar-refractivity contribution in [3.63, 3.8) is 0 Å². The van der Waals surface area contributed by atoms with E-state index in [1.165, 1.54) is 60.4 Å². The number of hydrogen-bond acceptors (Lipinski definition) is 4. The normalized spacial score (nSPS) is 13.5. The molecule has 1 unspecified atom stereocenters. The first kappa shape index (κ1) is 49.3. The molecule has 4 aromatic carbocycles. The van der Waals surface area contributed by atoms with E-state index in [2.05, 4.69) is 161 Å². The van der Waals surface area contributed by atoms with E-state index >= 15 is 4.80 Å². The van der Waals surface area contributed by atoms with Crippen LogP contribution >= 0.6 is 0 Å². The summed E-state index contributed by atoms with van der Waals surface area (Å²) in [6.45, 7) is 41.9. The van der Waals surface area contributed by atoms with E-state index in [0.29, 0.717) is 35.0 Å². The zero-order valence-corrected chi connectivity index (χ0v) is 43.5. The van der Waals surface area contributed by atoms with Gasteiger partial charge in [-0.2, -0.15) is 0 Å². The van der Waals surface area contributed by atoms with Crippen LogP contribution in [0.4, 0.5) is 0 Å². The third-order valence-corrected chi connectivity index (χ3v) is 23.3. The van der Waals surface area contributed by atoms with Crippen LogP contribution in [-0.4, -0.2) is 42.3 Å². The van der Waals surface area contributed by atoms with Gasteiger partial charge in [0.05, 0.1) is 26.5 Å². The SMILES string of the molecule is COc1cc(OC)c([Si](O)(c2c(C(C)C)cc(C(C)C)cc2C(C)C)[Si](c2c(C(C)C)cc(C(C)C)cc2C(C)C)c2c(C(C)C)cc(C(C)C)cc2C(C)C)c(OC)c1. The fraction of sp³-hybridized carbons (Fsp3) is 0.556. The molecule has 0 spiro atoms. The van der Waals surface area contributed by atoms with Crippen LogP contribution in [0.5, 0.6) is 17.2 Å². The molecule has 0 fully saturated rings. The standard InChI is InChI=1S/C54H81O4Si2/c1-30(2)39-22-43(33(7)8)51(44(23-39)34(9)10)59(52-45(35(11)12)24-40(31(3)4)25-46(52)36(13)14)60(55,54-49(57-20)28-42(56-19)29-50(54)58-21)53-47(37(15)16)26-41(32(5)6)27-48(53)38(17)18/h22-38,55H,1-21H3. The molecule has 4 aromatic rings. The predicted molar refractivity (Wildman–Crippen MR) is 264 cm³/mol. The van der Waals surface area contributed by atoms with Crippen LogP contribution in [0.1, 0.15) is 228 Å². The number of benzene rings is 4. The van der Waals surface area contributed by atoms with Gasteiger partial charge in [-0.25, -0.2) is 0 Å². The van der Waals surface area contributed by atoms with Gasteiger partial charge in [0.1, 0.15) is 17.2 Å². The van der Waals surface area contributed by atoms with Crippen LogP contribution in [0, 0.1) is 0 Å². The number of ether oxygens (including phenoxy) is 3. The second-order valence-corrected chi connectivity index (χ2v) is 27.9. The molecule has 0 aliphatic carbocycles. The maximum Gasteiger partial charge on any atom is 0.253 e.